The quantitative estimate of drug-likeness (QED) is 0.278. The van der Waals surface area contributed by atoms with Crippen molar-refractivity contribution in [1.29, 1.82) is 5.26 Å². The molecule has 0 heterocycles. The summed E-state index contributed by atoms with van der Waals surface area (Å²) >= 11 is 0. The molecular formula is C34H69NO4. The van der Waals surface area contributed by atoms with Gasteiger partial charge < -0.3 is 9.47 Å². The highest BCUT2D eigenvalue weighted by molar-refractivity contribution is 5.81. The first-order valence-corrected chi connectivity index (χ1v) is 12.9. The Labute approximate surface area is 245 Å². The van der Waals surface area contributed by atoms with Crippen LogP contribution in [0.1, 0.15) is 158 Å². The summed E-state index contributed by atoms with van der Waals surface area (Å²) in [4.78, 5) is 27.2. The van der Waals surface area contributed by atoms with Crippen LogP contribution in [0.4, 0.5) is 0 Å². The molecule has 0 aromatic rings. The average molecular weight is 556 g/mol. The van der Waals surface area contributed by atoms with Crippen LogP contribution < -0.4 is 0 Å². The van der Waals surface area contributed by atoms with Gasteiger partial charge in [-0.2, -0.15) is 5.26 Å². The molecule has 0 aromatic carbocycles. The third kappa shape index (κ3) is 10.1. The molecule has 0 N–H and O–H groups in total. The molecule has 234 valence electrons. The fourth-order valence-corrected chi connectivity index (χ4v) is 7.30. The zero-order chi connectivity index (χ0) is 24.9. The standard InChI is InChI=1S/C28H45NO4.6CH4/c1-9-26(7,17-27(8,16-25(5,6)18-29)23(31)32-24(2,3)4)22(30)33-28-13-19-10-20(14-28)12-21(11-19)15-28;;;;;;/h19-21H,9-17H2,1-8H3;6*1H4. The Morgan fingerprint density at radius 2 is 1.15 bits per heavy atom. The lowest BCUT2D eigenvalue weighted by atomic mass is 9.54. The van der Waals surface area contributed by atoms with Gasteiger partial charge in [0, 0.05) is 0 Å². The molecular weight excluding hydrogens is 486 g/mol. The lowest BCUT2D eigenvalue weighted by Crippen LogP contribution is -2.54. The number of hydrogen-bond donors (Lipinski definition) is 0. The van der Waals surface area contributed by atoms with Gasteiger partial charge in [-0.3, -0.25) is 9.59 Å². The molecule has 0 saturated heterocycles. The van der Waals surface area contributed by atoms with Crippen LogP contribution in [0, 0.1) is 45.3 Å². The van der Waals surface area contributed by atoms with E-state index in [-0.39, 0.29) is 62.1 Å². The van der Waals surface area contributed by atoms with Crippen molar-refractivity contribution in [2.75, 3.05) is 0 Å². The number of ether oxygens (including phenoxy) is 2. The van der Waals surface area contributed by atoms with E-state index in [1.165, 1.54) is 19.3 Å². The lowest BCUT2D eigenvalue weighted by molar-refractivity contribution is -0.199. The summed E-state index contributed by atoms with van der Waals surface area (Å²) in [5.74, 6) is 1.55. The number of hydrogen-bond acceptors (Lipinski definition) is 5. The molecule has 4 aliphatic rings. The van der Waals surface area contributed by atoms with Crippen LogP contribution in [-0.2, 0) is 19.1 Å². The van der Waals surface area contributed by atoms with E-state index in [2.05, 4.69) is 6.07 Å². The van der Waals surface area contributed by atoms with Crippen LogP contribution >= 0.6 is 0 Å². The third-order valence-corrected chi connectivity index (χ3v) is 8.37. The minimum atomic E-state index is -0.974. The van der Waals surface area contributed by atoms with Crippen molar-refractivity contribution in [2.24, 2.45) is 34.0 Å². The Bertz CT molecular complexity index is 783. The minimum absolute atomic E-state index is 0. The smallest absolute Gasteiger partial charge is 0.312 e. The molecule has 4 rings (SSSR count). The first kappa shape index (κ1) is 44.4. The predicted molar refractivity (Wildman–Crippen MR) is 168 cm³/mol. The molecule has 4 fully saturated rings. The number of nitriles is 1. The fraction of sp³-hybridized carbons (Fsp3) is 0.912. The van der Waals surface area contributed by atoms with Gasteiger partial charge in [0.2, 0.25) is 0 Å². The van der Waals surface area contributed by atoms with Gasteiger partial charge in [-0.1, -0.05) is 51.5 Å². The molecule has 2 unspecified atom stereocenters. The Kier molecular flexibility index (Phi) is 17.0. The monoisotopic (exact) mass is 556 g/mol. The molecule has 5 nitrogen and oxygen atoms in total. The maximum Gasteiger partial charge on any atom is 0.312 e. The van der Waals surface area contributed by atoms with Gasteiger partial charge in [-0.25, -0.2) is 0 Å². The van der Waals surface area contributed by atoms with E-state index in [1.54, 1.807) is 0 Å². The fourth-order valence-electron chi connectivity index (χ4n) is 7.30. The van der Waals surface area contributed by atoms with E-state index in [0.717, 1.165) is 19.3 Å². The molecule has 4 bridgehead atoms. The normalized spacial score (nSPS) is 27.4. The number of carbonyl (C=O) groups excluding carboxylic acids is 2. The van der Waals surface area contributed by atoms with Gasteiger partial charge >= 0.3 is 11.9 Å². The van der Waals surface area contributed by atoms with Gasteiger partial charge in [0.15, 0.2) is 0 Å². The summed E-state index contributed by atoms with van der Waals surface area (Å²) in [6.45, 7) is 15.0. The first-order chi connectivity index (χ1) is 15.0. The Morgan fingerprint density at radius 3 is 1.49 bits per heavy atom. The minimum Gasteiger partial charge on any atom is -0.460 e. The molecule has 0 aromatic heterocycles. The van der Waals surface area contributed by atoms with Gasteiger partial charge in [0.1, 0.15) is 11.2 Å². The van der Waals surface area contributed by atoms with Crippen LogP contribution in [0.5, 0.6) is 0 Å². The molecule has 0 aliphatic heterocycles. The summed E-state index contributed by atoms with van der Waals surface area (Å²) in [5.41, 5.74) is -3.46. The van der Waals surface area contributed by atoms with Gasteiger partial charge in [-0.05, 0) is 124 Å². The van der Waals surface area contributed by atoms with Gasteiger partial charge in [0.05, 0.1) is 22.3 Å². The topological polar surface area (TPSA) is 76.4 Å². The second-order valence-corrected chi connectivity index (χ2v) is 13.8. The maximum absolute atomic E-state index is 13.8. The second-order valence-electron chi connectivity index (χ2n) is 13.8. The highest BCUT2D eigenvalue weighted by Crippen LogP contribution is 2.58. The number of carbonyl (C=O) groups is 2. The maximum atomic E-state index is 13.8. The van der Waals surface area contributed by atoms with Crippen LogP contribution in [-0.4, -0.2) is 23.1 Å². The zero-order valence-corrected chi connectivity index (χ0v) is 22.2. The van der Waals surface area contributed by atoms with E-state index in [1.807, 2.05) is 55.4 Å². The van der Waals surface area contributed by atoms with Crippen molar-refractivity contribution in [3.8, 4) is 6.07 Å². The second kappa shape index (κ2) is 14.9. The highest BCUT2D eigenvalue weighted by atomic mass is 16.6. The summed E-state index contributed by atoms with van der Waals surface area (Å²) in [5, 5.41) is 9.69. The largest absolute Gasteiger partial charge is 0.460 e. The van der Waals surface area contributed by atoms with Crippen molar-refractivity contribution in [3.05, 3.63) is 0 Å². The predicted octanol–water partition coefficient (Wildman–Crippen LogP) is 10.4. The molecule has 0 amide bonds. The molecule has 2 atom stereocenters. The van der Waals surface area contributed by atoms with E-state index < -0.39 is 21.8 Å². The number of rotatable bonds is 8. The van der Waals surface area contributed by atoms with Gasteiger partial charge in [-0.15, -0.1) is 0 Å². The molecule has 4 aliphatic carbocycles. The van der Waals surface area contributed by atoms with E-state index in [0.29, 0.717) is 37.0 Å². The SMILES string of the molecule is C.C.C.C.C.C.CCC(C)(CC(C)(CC(C)(C)C#N)C(=O)OC(C)(C)C)C(=O)OC12CC3CC(CC(C3)C1)C2. The highest BCUT2D eigenvalue weighted by Gasteiger charge is 2.55. The molecule has 39 heavy (non-hydrogen) atoms. The Hall–Kier alpha value is -1.57. The van der Waals surface area contributed by atoms with Gasteiger partial charge in [0.25, 0.3) is 0 Å². The van der Waals surface area contributed by atoms with Crippen LogP contribution in [0.25, 0.3) is 0 Å². The van der Waals surface area contributed by atoms with E-state index in [4.69, 9.17) is 9.47 Å². The van der Waals surface area contributed by atoms with E-state index in [9.17, 15) is 14.9 Å². The molecule has 5 heteroatoms. The van der Waals surface area contributed by atoms with Crippen molar-refractivity contribution >= 4 is 11.9 Å². The summed E-state index contributed by atoms with van der Waals surface area (Å²) in [6, 6.07) is 2.33. The first-order valence-electron chi connectivity index (χ1n) is 12.9. The summed E-state index contributed by atoms with van der Waals surface area (Å²) in [7, 11) is 0. The lowest BCUT2D eigenvalue weighted by Gasteiger charge is -2.56. The van der Waals surface area contributed by atoms with Crippen LogP contribution in [0.15, 0.2) is 0 Å². The zero-order valence-electron chi connectivity index (χ0n) is 22.2. The summed E-state index contributed by atoms with van der Waals surface area (Å²) in [6.07, 6.45) is 8.07. The Morgan fingerprint density at radius 1 is 0.744 bits per heavy atom. The molecule has 0 radical (unpaired) electrons. The van der Waals surface area contributed by atoms with Crippen LogP contribution in [0.2, 0.25) is 0 Å². The van der Waals surface area contributed by atoms with Crippen molar-refractivity contribution in [1.82, 2.24) is 0 Å². The third-order valence-electron chi connectivity index (χ3n) is 8.37. The van der Waals surface area contributed by atoms with Crippen molar-refractivity contribution < 1.29 is 19.1 Å². The molecule has 0 spiro atoms. The van der Waals surface area contributed by atoms with E-state index >= 15 is 0 Å². The molecule has 4 saturated carbocycles. The van der Waals surface area contributed by atoms with Crippen molar-refractivity contribution in [2.45, 2.75) is 169 Å². The average Bonchev–Trinajstić information content (AvgIpc) is 2.64. The van der Waals surface area contributed by atoms with Crippen LogP contribution in [0.3, 0.4) is 0 Å². The Balaban J connectivity index is -0.00000102. The summed E-state index contributed by atoms with van der Waals surface area (Å²) < 4.78 is 12.2. The van der Waals surface area contributed by atoms with Crippen molar-refractivity contribution in [3.63, 3.8) is 0 Å². The number of nitrogens with zero attached hydrogens (tertiary/aromatic N) is 1. The number of esters is 2.